The van der Waals surface area contributed by atoms with E-state index in [-0.39, 0.29) is 11.8 Å². The number of nitrogens with zero attached hydrogens (tertiary/aromatic N) is 4. The molecule has 1 aromatic heterocycles. The van der Waals surface area contributed by atoms with Crippen molar-refractivity contribution in [2.45, 2.75) is 32.2 Å². The quantitative estimate of drug-likeness (QED) is 0.344. The third-order valence-corrected chi connectivity index (χ3v) is 5.25. The smallest absolute Gasteiger partial charge is 0.308 e. The molecule has 0 saturated carbocycles. The van der Waals surface area contributed by atoms with Crippen molar-refractivity contribution in [2.75, 3.05) is 10.7 Å². The Balaban J connectivity index is 1.90. The second kappa shape index (κ2) is 8.73. The van der Waals surface area contributed by atoms with Crippen molar-refractivity contribution in [3.05, 3.63) is 54.1 Å². The number of carbonyl (C=O) groups excluding carboxylic acids is 2. The van der Waals surface area contributed by atoms with Crippen molar-refractivity contribution in [1.82, 2.24) is 15.2 Å². The highest BCUT2D eigenvalue weighted by Gasteiger charge is 2.34. The van der Waals surface area contributed by atoms with Gasteiger partial charge in [-0.2, -0.15) is 4.98 Å². The van der Waals surface area contributed by atoms with Gasteiger partial charge in [-0.05, 0) is 24.0 Å². The fourth-order valence-electron chi connectivity index (χ4n) is 3.36. The normalized spacial score (nSPS) is 14.7. The van der Waals surface area contributed by atoms with Gasteiger partial charge in [0.25, 0.3) is 0 Å². The molecule has 1 atom stereocenters. The minimum absolute atomic E-state index is 0.223. The molecule has 1 aliphatic heterocycles. The molecule has 158 valence electrons. The average molecular weight is 436 g/mol. The molecule has 2 aromatic carbocycles. The first kappa shape index (κ1) is 20.8. The summed E-state index contributed by atoms with van der Waals surface area (Å²) < 4.78 is 11.5. The second-order valence-electron chi connectivity index (χ2n) is 6.72. The van der Waals surface area contributed by atoms with Crippen LogP contribution >= 0.6 is 11.8 Å². The number of hydrogen-bond donors (Lipinski definition) is 0. The lowest BCUT2D eigenvalue weighted by Gasteiger charge is -2.30. The summed E-state index contributed by atoms with van der Waals surface area (Å²) in [6, 6.07) is 14.3. The van der Waals surface area contributed by atoms with Crippen LogP contribution in [0.25, 0.3) is 11.3 Å². The van der Waals surface area contributed by atoms with Gasteiger partial charge in [0.05, 0.1) is 5.69 Å². The van der Waals surface area contributed by atoms with Crippen molar-refractivity contribution in [2.24, 2.45) is 0 Å². The van der Waals surface area contributed by atoms with Crippen LogP contribution in [-0.2, 0) is 9.59 Å². The number of amides is 1. The molecule has 0 N–H and O–H groups in total. The molecule has 0 bridgehead atoms. The van der Waals surface area contributed by atoms with E-state index in [4.69, 9.17) is 9.47 Å². The summed E-state index contributed by atoms with van der Waals surface area (Å²) in [6.45, 7) is 4.80. The van der Waals surface area contributed by atoms with E-state index < -0.39 is 12.2 Å². The van der Waals surface area contributed by atoms with Crippen LogP contribution in [0.2, 0.25) is 0 Å². The van der Waals surface area contributed by atoms with Crippen molar-refractivity contribution in [3.8, 4) is 22.9 Å². The predicted molar refractivity (Wildman–Crippen MR) is 116 cm³/mol. The van der Waals surface area contributed by atoms with Gasteiger partial charge in [0, 0.05) is 25.0 Å². The molecule has 3 aromatic rings. The van der Waals surface area contributed by atoms with Gasteiger partial charge in [-0.25, -0.2) is 0 Å². The Morgan fingerprint density at radius 2 is 1.94 bits per heavy atom. The minimum atomic E-state index is -0.841. The summed E-state index contributed by atoms with van der Waals surface area (Å²) in [4.78, 5) is 30.3. The molecule has 31 heavy (non-hydrogen) atoms. The van der Waals surface area contributed by atoms with E-state index in [0.29, 0.717) is 33.4 Å². The van der Waals surface area contributed by atoms with Gasteiger partial charge >= 0.3 is 5.97 Å². The number of aromatic nitrogens is 3. The Hall–Kier alpha value is -3.46. The van der Waals surface area contributed by atoms with Crippen LogP contribution in [-0.4, -0.2) is 32.8 Å². The highest BCUT2D eigenvalue weighted by Crippen LogP contribution is 2.43. The fourth-order valence-corrected chi connectivity index (χ4v) is 3.86. The molecule has 9 heteroatoms. The molecule has 0 saturated heterocycles. The standard InChI is InChI=1S/C22H20N4O4S/c1-4-31-22-23-20-19(24-25-22)17-10-5-6-11-18(17)26(13(2)27)21(30-20)15-8-7-9-16(12-15)29-14(3)28/h5-12,21H,4H2,1-3H3. The highest BCUT2D eigenvalue weighted by molar-refractivity contribution is 7.99. The first-order valence-electron chi connectivity index (χ1n) is 9.69. The van der Waals surface area contributed by atoms with E-state index in [1.165, 1.54) is 30.5 Å². The second-order valence-corrected chi connectivity index (χ2v) is 7.95. The molecule has 0 aliphatic carbocycles. The minimum Gasteiger partial charge on any atom is -0.447 e. The number of rotatable bonds is 4. The van der Waals surface area contributed by atoms with Crippen molar-refractivity contribution < 1.29 is 19.1 Å². The maximum absolute atomic E-state index is 12.8. The summed E-state index contributed by atoms with van der Waals surface area (Å²) in [5, 5.41) is 9.04. The summed E-state index contributed by atoms with van der Waals surface area (Å²) in [7, 11) is 0. The lowest BCUT2D eigenvalue weighted by Crippen LogP contribution is -2.36. The van der Waals surface area contributed by atoms with Gasteiger partial charge in [-0.1, -0.05) is 49.0 Å². The highest BCUT2D eigenvalue weighted by atomic mass is 32.2. The predicted octanol–water partition coefficient (Wildman–Crippen LogP) is 4.02. The Kier molecular flexibility index (Phi) is 5.85. The van der Waals surface area contributed by atoms with E-state index in [0.717, 1.165) is 5.75 Å². The van der Waals surface area contributed by atoms with E-state index in [1.807, 2.05) is 31.2 Å². The van der Waals surface area contributed by atoms with Crippen LogP contribution in [0.1, 0.15) is 32.6 Å². The van der Waals surface area contributed by atoms with E-state index >= 15 is 0 Å². The van der Waals surface area contributed by atoms with Gasteiger partial charge in [0.1, 0.15) is 5.75 Å². The van der Waals surface area contributed by atoms with E-state index in [9.17, 15) is 9.59 Å². The molecule has 0 fully saturated rings. The largest absolute Gasteiger partial charge is 0.447 e. The number of carbonyl (C=O) groups is 2. The van der Waals surface area contributed by atoms with Gasteiger partial charge in [-0.3, -0.25) is 14.5 Å². The first-order valence-corrected chi connectivity index (χ1v) is 10.7. The maximum atomic E-state index is 12.8. The lowest BCUT2D eigenvalue weighted by atomic mass is 10.1. The lowest BCUT2D eigenvalue weighted by molar-refractivity contribution is -0.131. The van der Waals surface area contributed by atoms with Crippen LogP contribution in [0.15, 0.2) is 53.7 Å². The summed E-state index contributed by atoms with van der Waals surface area (Å²) in [5.74, 6) is 0.767. The van der Waals surface area contributed by atoms with E-state index in [2.05, 4.69) is 15.2 Å². The third-order valence-electron chi connectivity index (χ3n) is 4.53. The zero-order valence-corrected chi connectivity index (χ0v) is 18.0. The molecule has 1 amide bonds. The van der Waals surface area contributed by atoms with Gasteiger partial charge in [-0.15, -0.1) is 10.2 Å². The SMILES string of the molecule is CCSc1nnc2c(n1)OC(c1cccc(OC(C)=O)c1)N(C(C)=O)c1ccccc1-2. The number of para-hydroxylation sites is 1. The summed E-state index contributed by atoms with van der Waals surface area (Å²) >= 11 is 1.45. The molecular weight excluding hydrogens is 416 g/mol. The molecule has 4 rings (SSSR count). The third kappa shape index (κ3) is 4.22. The van der Waals surface area contributed by atoms with Crippen LogP contribution in [0.3, 0.4) is 0 Å². The number of ether oxygens (including phenoxy) is 2. The number of benzene rings is 2. The molecule has 8 nitrogen and oxygen atoms in total. The van der Waals surface area contributed by atoms with Gasteiger partial charge in [0.2, 0.25) is 23.2 Å². The zero-order chi connectivity index (χ0) is 22.0. The number of fused-ring (bicyclic) bond motifs is 3. The monoisotopic (exact) mass is 436 g/mol. The molecule has 1 aliphatic rings. The average Bonchev–Trinajstić information content (AvgIpc) is 2.88. The Morgan fingerprint density at radius 1 is 1.13 bits per heavy atom. The number of anilines is 1. The number of hydrogen-bond acceptors (Lipinski definition) is 8. The van der Waals surface area contributed by atoms with Crippen molar-refractivity contribution in [1.29, 1.82) is 0 Å². The van der Waals surface area contributed by atoms with Crippen molar-refractivity contribution in [3.63, 3.8) is 0 Å². The van der Waals surface area contributed by atoms with Crippen LogP contribution in [0.4, 0.5) is 5.69 Å². The van der Waals surface area contributed by atoms with Crippen molar-refractivity contribution >= 4 is 29.3 Å². The number of esters is 1. The Labute approximate surface area is 183 Å². The van der Waals surface area contributed by atoms with Gasteiger partial charge < -0.3 is 9.47 Å². The topological polar surface area (TPSA) is 94.5 Å². The van der Waals surface area contributed by atoms with Crippen LogP contribution in [0, 0.1) is 0 Å². The molecule has 2 heterocycles. The molecule has 0 radical (unpaired) electrons. The van der Waals surface area contributed by atoms with Crippen LogP contribution in [0.5, 0.6) is 11.6 Å². The Morgan fingerprint density at radius 3 is 2.68 bits per heavy atom. The van der Waals surface area contributed by atoms with Gasteiger partial charge in [0.15, 0.2) is 5.69 Å². The molecule has 1 unspecified atom stereocenters. The zero-order valence-electron chi connectivity index (χ0n) is 17.2. The summed E-state index contributed by atoms with van der Waals surface area (Å²) in [5.41, 5.74) is 2.41. The number of thioether (sulfide) groups is 1. The summed E-state index contributed by atoms with van der Waals surface area (Å²) in [6.07, 6.45) is -0.841. The maximum Gasteiger partial charge on any atom is 0.308 e. The Bertz CT molecular complexity index is 1150. The fraction of sp³-hybridized carbons (Fsp3) is 0.227. The van der Waals surface area contributed by atoms with Crippen LogP contribution < -0.4 is 14.4 Å². The first-order chi connectivity index (χ1) is 15.0. The van der Waals surface area contributed by atoms with E-state index in [1.54, 1.807) is 24.3 Å². The molecular formula is C22H20N4O4S. The molecule has 0 spiro atoms.